The Morgan fingerprint density at radius 2 is 1.54 bits per heavy atom. The van der Waals surface area contributed by atoms with Gasteiger partial charge in [0.25, 0.3) is 11.3 Å². The number of unbranched alkanes of at least 4 members (excludes halogenated alkanes) is 2. The van der Waals surface area contributed by atoms with Crippen molar-refractivity contribution in [1.82, 2.24) is 10.2 Å². The average molecular weight is 590 g/mol. The number of nitrogens with zero attached hydrogens (tertiary/aromatic N) is 2. The first-order valence-corrected chi connectivity index (χ1v) is 15.4. The highest BCUT2D eigenvalue weighted by Gasteiger charge is 2.28. The lowest BCUT2D eigenvalue weighted by molar-refractivity contribution is -0.123. The molecular formula is C29H39N3O8S. The summed E-state index contributed by atoms with van der Waals surface area (Å²) in [5.41, 5.74) is 1.25. The molecule has 11 nitrogen and oxygen atoms in total. The first-order chi connectivity index (χ1) is 20.0. The Morgan fingerprint density at radius 3 is 2.22 bits per heavy atom. The van der Waals surface area contributed by atoms with Gasteiger partial charge in [0.1, 0.15) is 32.5 Å². The van der Waals surface area contributed by atoms with E-state index in [1.165, 1.54) is 4.31 Å². The van der Waals surface area contributed by atoms with Crippen molar-refractivity contribution in [1.29, 1.82) is 0 Å². The third-order valence-electron chi connectivity index (χ3n) is 7.56. The summed E-state index contributed by atoms with van der Waals surface area (Å²) in [6.07, 6.45) is 3.59. The third-order valence-corrected chi connectivity index (χ3v) is 8.33. The number of hydrogen-bond donors (Lipinski definition) is 3. The Balaban J connectivity index is 1.12. The van der Waals surface area contributed by atoms with E-state index < -0.39 is 23.4 Å². The number of anilines is 1. The highest BCUT2D eigenvalue weighted by molar-refractivity contribution is 7.80. The van der Waals surface area contributed by atoms with Crippen LogP contribution in [0.25, 0.3) is 0 Å². The maximum Gasteiger partial charge on any atom is 0.261 e. The van der Waals surface area contributed by atoms with Gasteiger partial charge < -0.3 is 34.3 Å². The van der Waals surface area contributed by atoms with Crippen molar-refractivity contribution in [2.24, 2.45) is 0 Å². The van der Waals surface area contributed by atoms with Gasteiger partial charge in [0.15, 0.2) is 23.0 Å². The monoisotopic (exact) mass is 589 g/mol. The van der Waals surface area contributed by atoms with E-state index in [1.807, 2.05) is 6.07 Å². The minimum Gasteiger partial charge on any atom is -0.486 e. The molecule has 0 saturated carbocycles. The normalized spacial score (nSPS) is 18.4. The fourth-order valence-corrected chi connectivity index (χ4v) is 6.00. The predicted octanol–water partition coefficient (Wildman–Crippen LogP) is 3.05. The molecule has 1 amide bonds. The smallest absolute Gasteiger partial charge is 0.261 e. The van der Waals surface area contributed by atoms with Crippen molar-refractivity contribution in [3.63, 3.8) is 0 Å². The Morgan fingerprint density at radius 1 is 0.902 bits per heavy atom. The van der Waals surface area contributed by atoms with Crippen molar-refractivity contribution >= 4 is 22.9 Å². The molecule has 12 heteroatoms. The van der Waals surface area contributed by atoms with E-state index in [1.54, 1.807) is 30.3 Å². The van der Waals surface area contributed by atoms with Crippen LogP contribution in [0.2, 0.25) is 0 Å². The molecule has 2 aromatic rings. The number of amides is 1. The van der Waals surface area contributed by atoms with Gasteiger partial charge in [-0.2, -0.15) is 0 Å². The molecular weight excluding hydrogens is 550 g/mol. The Labute approximate surface area is 243 Å². The molecule has 0 aromatic heterocycles. The van der Waals surface area contributed by atoms with Gasteiger partial charge in [0, 0.05) is 25.6 Å². The summed E-state index contributed by atoms with van der Waals surface area (Å²) < 4.78 is 45.7. The van der Waals surface area contributed by atoms with Crippen LogP contribution in [0.3, 0.4) is 0 Å². The van der Waals surface area contributed by atoms with Gasteiger partial charge in [-0.15, -0.1) is 0 Å². The lowest BCUT2D eigenvalue weighted by atomic mass is 10.0. The Bertz CT molecular complexity index is 1210. The summed E-state index contributed by atoms with van der Waals surface area (Å²) in [5, 5.41) is 14.4. The van der Waals surface area contributed by atoms with Crippen LogP contribution in [0.4, 0.5) is 5.69 Å². The number of nitrogens with one attached hydrogen (secondary N) is 1. The zero-order chi connectivity index (χ0) is 28.6. The summed E-state index contributed by atoms with van der Waals surface area (Å²) >= 11 is -2.20. The number of hydrogen-bond acceptors (Lipinski definition) is 8. The van der Waals surface area contributed by atoms with Gasteiger partial charge in [0.05, 0.1) is 11.7 Å². The molecule has 0 radical (unpaired) electrons. The van der Waals surface area contributed by atoms with Gasteiger partial charge in [-0.3, -0.25) is 13.7 Å². The Hall–Kier alpha value is -3.06. The Kier molecular flexibility index (Phi) is 10.2. The number of aliphatic hydroxyl groups is 1. The molecule has 1 fully saturated rings. The summed E-state index contributed by atoms with van der Waals surface area (Å²) in [7, 11) is 0. The fourth-order valence-electron chi connectivity index (χ4n) is 5.43. The largest absolute Gasteiger partial charge is 0.486 e. The molecule has 3 aliphatic rings. The summed E-state index contributed by atoms with van der Waals surface area (Å²) in [5.74, 6) is 2.32. The zero-order valence-corrected chi connectivity index (χ0v) is 24.0. The molecule has 3 atom stereocenters. The molecule has 3 heterocycles. The van der Waals surface area contributed by atoms with Crippen molar-refractivity contribution < 1.29 is 37.6 Å². The third kappa shape index (κ3) is 7.82. The molecule has 5 rings (SSSR count). The van der Waals surface area contributed by atoms with E-state index >= 15 is 0 Å². The minimum atomic E-state index is -2.20. The highest BCUT2D eigenvalue weighted by Crippen LogP contribution is 2.35. The predicted molar refractivity (Wildman–Crippen MR) is 154 cm³/mol. The highest BCUT2D eigenvalue weighted by atomic mass is 32.2. The molecule has 3 aliphatic heterocycles. The molecule has 41 heavy (non-hydrogen) atoms. The van der Waals surface area contributed by atoms with E-state index in [2.05, 4.69) is 10.2 Å². The van der Waals surface area contributed by atoms with Crippen molar-refractivity contribution in [3.8, 4) is 23.0 Å². The van der Waals surface area contributed by atoms with Crippen LogP contribution in [0.1, 0.15) is 50.2 Å². The maximum atomic E-state index is 12.9. The lowest BCUT2D eigenvalue weighted by Gasteiger charge is -2.29. The van der Waals surface area contributed by atoms with E-state index in [0.29, 0.717) is 99.4 Å². The first kappa shape index (κ1) is 29.4. The quantitative estimate of drug-likeness (QED) is 0.238. The van der Waals surface area contributed by atoms with Crippen LogP contribution in [-0.4, -0.2) is 83.3 Å². The zero-order valence-electron chi connectivity index (χ0n) is 23.2. The standard InChI is InChI=1S/C29H39N3O8S/c33-28(6-2-1-3-13-32(41(35)36)22-8-10-25-27(19-22)40-17-15-38-25)30-23(20-31-11-4-5-12-31)29(34)21-7-9-24-26(18-21)39-16-14-37-24/h7-10,18-19,23,29,34H,1-6,11-17,20H2,(H,30,33)(H,35,36)/t23-,29-/m1/s1. The second-order valence-electron chi connectivity index (χ2n) is 10.5. The molecule has 224 valence electrons. The van der Waals surface area contributed by atoms with E-state index in [0.717, 1.165) is 25.9 Å². The molecule has 0 bridgehead atoms. The topological polar surface area (TPSA) is 130 Å². The van der Waals surface area contributed by atoms with Gasteiger partial charge in [-0.1, -0.05) is 12.5 Å². The minimum absolute atomic E-state index is 0.125. The van der Waals surface area contributed by atoms with Gasteiger partial charge in [-0.05, 0) is 68.6 Å². The van der Waals surface area contributed by atoms with Crippen molar-refractivity contribution in [3.05, 3.63) is 42.0 Å². The number of carbonyl (C=O) groups excluding carboxylic acids is 1. The summed E-state index contributed by atoms with van der Waals surface area (Å²) in [6, 6.07) is 10.1. The second kappa shape index (κ2) is 14.2. The SMILES string of the molecule is O=C(CCCCCN(c1ccc2c(c1)OCCO2)S(=O)O)N[C@H](CN1CCCC1)[C@H](O)c1ccc2c(c1)OCCO2. The summed E-state index contributed by atoms with van der Waals surface area (Å²) in [4.78, 5) is 15.2. The number of ether oxygens (including phenoxy) is 4. The van der Waals surface area contributed by atoms with Crippen molar-refractivity contribution in [2.75, 3.05) is 56.9 Å². The molecule has 0 spiro atoms. The molecule has 1 unspecified atom stereocenters. The van der Waals surface area contributed by atoms with Gasteiger partial charge in [-0.25, -0.2) is 4.21 Å². The van der Waals surface area contributed by atoms with Crippen molar-refractivity contribution in [2.45, 2.75) is 50.7 Å². The van der Waals surface area contributed by atoms with E-state index in [9.17, 15) is 18.7 Å². The number of benzene rings is 2. The fraction of sp³-hybridized carbons (Fsp3) is 0.552. The van der Waals surface area contributed by atoms with Gasteiger partial charge in [0.2, 0.25) is 5.91 Å². The molecule has 3 N–H and O–H groups in total. The van der Waals surface area contributed by atoms with E-state index in [-0.39, 0.29) is 5.91 Å². The molecule has 1 saturated heterocycles. The maximum absolute atomic E-state index is 12.9. The van der Waals surface area contributed by atoms with Crippen LogP contribution < -0.4 is 28.6 Å². The number of aliphatic hydroxyl groups excluding tert-OH is 1. The molecule has 2 aromatic carbocycles. The van der Waals surface area contributed by atoms with Crippen LogP contribution in [0, 0.1) is 0 Å². The summed E-state index contributed by atoms with van der Waals surface area (Å²) in [6.45, 7) is 4.69. The van der Waals surface area contributed by atoms with Gasteiger partial charge >= 0.3 is 0 Å². The number of fused-ring (bicyclic) bond motifs is 2. The first-order valence-electron chi connectivity index (χ1n) is 14.4. The van der Waals surface area contributed by atoms with Crippen LogP contribution in [0.15, 0.2) is 36.4 Å². The lowest BCUT2D eigenvalue weighted by Crippen LogP contribution is -2.46. The van der Waals surface area contributed by atoms with Crippen LogP contribution in [0.5, 0.6) is 23.0 Å². The van der Waals surface area contributed by atoms with Crippen LogP contribution >= 0.6 is 0 Å². The second-order valence-corrected chi connectivity index (χ2v) is 11.4. The number of rotatable bonds is 13. The number of carbonyl (C=O) groups is 1. The van der Waals surface area contributed by atoms with E-state index in [4.69, 9.17) is 18.9 Å². The van der Waals surface area contributed by atoms with Crippen LogP contribution in [-0.2, 0) is 16.1 Å². The average Bonchev–Trinajstić information content (AvgIpc) is 3.51. The number of likely N-dealkylation sites (tertiary alicyclic amines) is 1. The molecule has 0 aliphatic carbocycles.